The highest BCUT2D eigenvalue weighted by Crippen LogP contribution is 2.44. The molecule has 0 saturated carbocycles. The van der Waals surface area contributed by atoms with Crippen LogP contribution in [0.25, 0.3) is 0 Å². The first kappa shape index (κ1) is 21.4. The van der Waals surface area contributed by atoms with E-state index in [2.05, 4.69) is 5.32 Å². The fourth-order valence-electron chi connectivity index (χ4n) is 2.76. The van der Waals surface area contributed by atoms with Crippen LogP contribution in [0.3, 0.4) is 0 Å². The Morgan fingerprint density at radius 1 is 1.08 bits per heavy atom. The topological polar surface area (TPSA) is 69.6 Å². The summed E-state index contributed by atoms with van der Waals surface area (Å²) < 4.78 is 12.3. The van der Waals surface area contributed by atoms with Gasteiger partial charge in [0.15, 0.2) is 0 Å². The molecule has 0 radical (unpaired) electrons. The zero-order valence-corrected chi connectivity index (χ0v) is 17.0. The van der Waals surface area contributed by atoms with Crippen molar-refractivity contribution in [3.05, 3.63) is 69.7 Å². The van der Waals surface area contributed by atoms with E-state index in [0.29, 0.717) is 16.5 Å². The van der Waals surface area contributed by atoms with E-state index in [-0.39, 0.29) is 24.9 Å². The molecule has 3 unspecified atom stereocenters. The lowest BCUT2D eigenvalue weighted by Crippen LogP contribution is -2.36. The molecule has 0 heterocycles. The Morgan fingerprint density at radius 2 is 1.77 bits per heavy atom. The molecule has 7 heteroatoms. The lowest BCUT2D eigenvalue weighted by Gasteiger charge is -2.20. The number of aliphatic hydroxyl groups is 1. The van der Waals surface area contributed by atoms with Crippen LogP contribution in [0, 0.1) is 0 Å². The number of nitrogens with one attached hydrogen (secondary N) is 1. The van der Waals surface area contributed by atoms with Crippen LogP contribution in [0.1, 0.15) is 18.1 Å². The predicted octanol–water partition coefficient (Wildman–Crippen LogP) is 4.35. The van der Waals surface area contributed by atoms with Crippen LogP contribution in [0.15, 0.2) is 48.5 Å². The Labute approximate surface area is 164 Å². The van der Waals surface area contributed by atoms with E-state index in [1.165, 1.54) is 0 Å². The third kappa shape index (κ3) is 7.40. The van der Waals surface area contributed by atoms with Crippen LogP contribution in [-0.4, -0.2) is 34.9 Å². The van der Waals surface area contributed by atoms with Crippen molar-refractivity contribution in [1.82, 2.24) is 5.32 Å². The maximum atomic E-state index is 12.3. The third-order valence-corrected chi connectivity index (χ3v) is 6.59. The van der Waals surface area contributed by atoms with E-state index in [9.17, 15) is 14.6 Å². The summed E-state index contributed by atoms with van der Waals surface area (Å²) in [7, 11) is -3.43. The number of hydrogen-bond acceptors (Lipinski definition) is 3. The fourth-order valence-corrected chi connectivity index (χ4v) is 4.78. The van der Waals surface area contributed by atoms with Crippen LogP contribution >= 0.6 is 30.6 Å². The monoisotopic (exact) mass is 415 g/mol. The van der Waals surface area contributed by atoms with Crippen LogP contribution in [0.2, 0.25) is 10.0 Å². The first-order chi connectivity index (χ1) is 12.2. The molecule has 0 aliphatic rings. The summed E-state index contributed by atoms with van der Waals surface area (Å²) in [6, 6.07) is 14.7. The molecule has 0 spiro atoms. The maximum absolute atomic E-state index is 12.3. The van der Waals surface area contributed by atoms with Crippen LogP contribution in [0.4, 0.5) is 0 Å². The highest BCUT2D eigenvalue weighted by Gasteiger charge is 2.23. The molecular formula is C19H24Cl2NO3P. The summed E-state index contributed by atoms with van der Waals surface area (Å²) >= 11 is 11.9. The second-order valence-corrected chi connectivity index (χ2v) is 9.78. The molecule has 4 nitrogen and oxygen atoms in total. The zero-order chi connectivity index (χ0) is 19.2. The van der Waals surface area contributed by atoms with E-state index in [1.54, 1.807) is 6.07 Å². The summed E-state index contributed by atoms with van der Waals surface area (Å²) in [5.41, 5.74) is 1.83. The number of aliphatic hydroxyl groups excluding tert-OH is 1. The van der Waals surface area contributed by atoms with Gasteiger partial charge in [-0.15, -0.1) is 0 Å². The van der Waals surface area contributed by atoms with Gasteiger partial charge in [-0.25, -0.2) is 0 Å². The molecule has 0 aliphatic carbocycles. The molecular weight excluding hydrogens is 392 g/mol. The van der Waals surface area contributed by atoms with Gasteiger partial charge in [-0.1, -0.05) is 59.6 Å². The van der Waals surface area contributed by atoms with Crippen molar-refractivity contribution in [2.75, 3.05) is 12.7 Å². The van der Waals surface area contributed by atoms with Gasteiger partial charge in [-0.2, -0.15) is 0 Å². The van der Waals surface area contributed by atoms with Crippen LogP contribution in [-0.2, 0) is 17.1 Å². The zero-order valence-electron chi connectivity index (χ0n) is 14.6. The molecule has 0 aliphatic heterocycles. The Kier molecular flexibility index (Phi) is 8.15. The van der Waals surface area contributed by atoms with Crippen molar-refractivity contribution in [3.63, 3.8) is 0 Å². The maximum Gasteiger partial charge on any atom is 0.207 e. The van der Waals surface area contributed by atoms with E-state index in [0.717, 1.165) is 11.1 Å². The fraction of sp³-hybridized carbons (Fsp3) is 0.368. The Balaban J connectivity index is 1.78. The number of halogens is 2. The summed E-state index contributed by atoms with van der Waals surface area (Å²) in [6.07, 6.45) is -0.228. The molecule has 0 amide bonds. The second-order valence-electron chi connectivity index (χ2n) is 6.59. The molecule has 3 atom stereocenters. The first-order valence-electron chi connectivity index (χ1n) is 8.45. The molecule has 0 saturated heterocycles. The van der Waals surface area contributed by atoms with E-state index < -0.39 is 13.5 Å². The SMILES string of the molecule is CC(Cc1ccc(Cl)c(Cl)c1)NCC(O)CP(=O)(O)Cc1ccccc1. The minimum Gasteiger partial charge on any atom is -0.391 e. The first-order valence-corrected chi connectivity index (χ1v) is 11.2. The van der Waals surface area contributed by atoms with Gasteiger partial charge in [0.1, 0.15) is 0 Å². The average molecular weight is 416 g/mol. The lowest BCUT2D eigenvalue weighted by molar-refractivity contribution is 0.186. The summed E-state index contributed by atoms with van der Waals surface area (Å²) in [5, 5.41) is 14.3. The Hall–Kier alpha value is -0.870. The number of rotatable bonds is 9. The highest BCUT2D eigenvalue weighted by atomic mass is 35.5. The molecule has 2 aromatic carbocycles. The summed E-state index contributed by atoms with van der Waals surface area (Å²) in [4.78, 5) is 10.1. The quantitative estimate of drug-likeness (QED) is 0.532. The predicted molar refractivity (Wildman–Crippen MR) is 108 cm³/mol. The van der Waals surface area contributed by atoms with Gasteiger partial charge in [0, 0.05) is 18.7 Å². The molecule has 0 bridgehead atoms. The minimum absolute atomic E-state index is 0.0731. The van der Waals surface area contributed by atoms with E-state index in [1.807, 2.05) is 49.4 Å². The smallest absolute Gasteiger partial charge is 0.207 e. The number of benzene rings is 2. The van der Waals surface area contributed by atoms with Gasteiger partial charge >= 0.3 is 0 Å². The van der Waals surface area contributed by atoms with Crippen LogP contribution < -0.4 is 5.32 Å². The number of hydrogen-bond donors (Lipinski definition) is 3. The minimum atomic E-state index is -3.43. The lowest BCUT2D eigenvalue weighted by atomic mass is 10.1. The van der Waals surface area contributed by atoms with Crippen molar-refractivity contribution in [2.24, 2.45) is 0 Å². The molecule has 142 valence electrons. The normalized spacial score (nSPS) is 16.0. The molecule has 0 aromatic heterocycles. The molecule has 2 aromatic rings. The Morgan fingerprint density at radius 3 is 2.42 bits per heavy atom. The molecule has 2 rings (SSSR count). The van der Waals surface area contributed by atoms with Crippen molar-refractivity contribution in [1.29, 1.82) is 0 Å². The molecule has 0 fully saturated rings. The second kappa shape index (κ2) is 9.89. The van der Waals surface area contributed by atoms with Gasteiger partial charge in [0.2, 0.25) is 7.37 Å². The van der Waals surface area contributed by atoms with Gasteiger partial charge in [-0.05, 0) is 36.6 Å². The van der Waals surface area contributed by atoms with Crippen molar-refractivity contribution >= 4 is 30.6 Å². The van der Waals surface area contributed by atoms with Gasteiger partial charge in [-0.3, -0.25) is 4.57 Å². The van der Waals surface area contributed by atoms with Gasteiger partial charge < -0.3 is 15.3 Å². The van der Waals surface area contributed by atoms with E-state index >= 15 is 0 Å². The summed E-state index contributed by atoms with van der Waals surface area (Å²) in [5.74, 6) is 0. The van der Waals surface area contributed by atoms with Crippen LogP contribution in [0.5, 0.6) is 0 Å². The summed E-state index contributed by atoms with van der Waals surface area (Å²) in [6.45, 7) is 2.24. The standard InChI is InChI=1S/C19H24Cl2NO3P/c1-14(9-16-7-8-18(20)19(21)10-16)22-11-17(23)13-26(24,25)12-15-5-3-2-4-6-15/h2-8,10,14,17,22-23H,9,11-13H2,1H3,(H,24,25). The van der Waals surface area contributed by atoms with Crippen molar-refractivity contribution in [2.45, 2.75) is 31.7 Å². The largest absolute Gasteiger partial charge is 0.391 e. The van der Waals surface area contributed by atoms with Crippen molar-refractivity contribution in [3.8, 4) is 0 Å². The van der Waals surface area contributed by atoms with E-state index in [4.69, 9.17) is 23.2 Å². The molecule has 26 heavy (non-hydrogen) atoms. The molecule has 3 N–H and O–H groups in total. The Bertz CT molecular complexity index is 758. The third-order valence-electron chi connectivity index (χ3n) is 4.00. The van der Waals surface area contributed by atoms with Crippen molar-refractivity contribution < 1.29 is 14.6 Å². The average Bonchev–Trinajstić information content (AvgIpc) is 2.56. The highest BCUT2D eigenvalue weighted by molar-refractivity contribution is 7.57. The van der Waals surface area contributed by atoms with Gasteiger partial charge in [0.05, 0.1) is 22.3 Å². The van der Waals surface area contributed by atoms with Gasteiger partial charge in [0.25, 0.3) is 0 Å².